The lowest BCUT2D eigenvalue weighted by molar-refractivity contribution is 0.185. The van der Waals surface area contributed by atoms with Crippen molar-refractivity contribution in [3.05, 3.63) is 0 Å². The summed E-state index contributed by atoms with van der Waals surface area (Å²) in [5, 5.41) is 3.51. The molecule has 0 aromatic heterocycles. The van der Waals surface area contributed by atoms with Gasteiger partial charge in [0.25, 0.3) is 0 Å². The van der Waals surface area contributed by atoms with E-state index in [0.29, 0.717) is 12.5 Å². The summed E-state index contributed by atoms with van der Waals surface area (Å²) in [6, 6.07) is 0. The van der Waals surface area contributed by atoms with Gasteiger partial charge in [0.15, 0.2) is 0 Å². The smallest absolute Gasteiger partial charge is 0.148 e. The molecule has 1 unspecified atom stereocenters. The summed E-state index contributed by atoms with van der Waals surface area (Å²) in [5.74, 6) is 0.895. The average molecular weight is 292 g/mol. The summed E-state index contributed by atoms with van der Waals surface area (Å²) >= 11 is 0. The van der Waals surface area contributed by atoms with Crippen molar-refractivity contribution in [2.45, 2.75) is 34.1 Å². The van der Waals surface area contributed by atoms with Crippen molar-refractivity contribution < 1.29 is 8.42 Å². The van der Waals surface area contributed by atoms with Crippen LogP contribution in [0.15, 0.2) is 0 Å². The second kappa shape index (κ2) is 8.22. The zero-order valence-corrected chi connectivity index (χ0v) is 14.3. The number of hydrogen-bond donors (Lipinski definition) is 1. The van der Waals surface area contributed by atoms with Crippen molar-refractivity contribution in [3.63, 3.8) is 0 Å². The Morgan fingerprint density at radius 3 is 2.32 bits per heavy atom. The molecule has 0 saturated heterocycles. The quantitative estimate of drug-likeness (QED) is 0.665. The molecule has 0 heterocycles. The molecule has 0 amide bonds. The predicted molar refractivity (Wildman–Crippen MR) is 83.3 cm³/mol. The van der Waals surface area contributed by atoms with Gasteiger partial charge in [0.2, 0.25) is 0 Å². The molecule has 0 spiro atoms. The number of nitrogens with zero attached hydrogens (tertiary/aromatic N) is 1. The van der Waals surface area contributed by atoms with Gasteiger partial charge in [-0.2, -0.15) is 0 Å². The first-order chi connectivity index (χ1) is 8.58. The molecule has 1 atom stereocenters. The van der Waals surface area contributed by atoms with Crippen molar-refractivity contribution in [1.82, 2.24) is 10.2 Å². The normalized spacial score (nSPS) is 16.0. The Balaban J connectivity index is 4.20. The van der Waals surface area contributed by atoms with E-state index in [9.17, 15) is 8.42 Å². The van der Waals surface area contributed by atoms with E-state index in [2.05, 4.69) is 37.9 Å². The van der Waals surface area contributed by atoms with Crippen LogP contribution in [-0.4, -0.2) is 58.6 Å². The van der Waals surface area contributed by atoms with Crippen molar-refractivity contribution in [2.24, 2.45) is 11.3 Å². The maximum atomic E-state index is 11.2. The third-order valence-corrected chi connectivity index (χ3v) is 4.38. The lowest BCUT2D eigenvalue weighted by Crippen LogP contribution is -2.42. The summed E-state index contributed by atoms with van der Waals surface area (Å²) in [6.45, 7) is 12.4. The first kappa shape index (κ1) is 18.9. The third kappa shape index (κ3) is 10.3. The van der Waals surface area contributed by atoms with Gasteiger partial charge in [-0.1, -0.05) is 27.7 Å². The van der Waals surface area contributed by atoms with E-state index >= 15 is 0 Å². The summed E-state index contributed by atoms with van der Waals surface area (Å²) in [7, 11) is -0.865. The monoisotopic (exact) mass is 292 g/mol. The molecule has 19 heavy (non-hydrogen) atoms. The highest BCUT2D eigenvalue weighted by atomic mass is 32.2. The largest absolute Gasteiger partial charge is 0.316 e. The Bertz CT molecular complexity index is 341. The highest BCUT2D eigenvalue weighted by Crippen LogP contribution is 2.21. The fourth-order valence-corrected chi connectivity index (χ4v) is 2.65. The molecule has 5 heteroatoms. The number of nitrogens with one attached hydrogen (secondary N) is 1. The molecule has 0 aliphatic rings. The number of rotatable bonds is 10. The number of sulfone groups is 1. The number of hydrogen-bond acceptors (Lipinski definition) is 4. The molecule has 0 fully saturated rings. The fraction of sp³-hybridized carbons (Fsp3) is 1.00. The van der Waals surface area contributed by atoms with Crippen LogP contribution in [-0.2, 0) is 9.84 Å². The topological polar surface area (TPSA) is 49.4 Å². The molecule has 1 N–H and O–H groups in total. The molecule has 4 nitrogen and oxygen atoms in total. The predicted octanol–water partition coefficient (Wildman–Crippen LogP) is 1.62. The maximum Gasteiger partial charge on any atom is 0.148 e. The van der Waals surface area contributed by atoms with Gasteiger partial charge in [-0.25, -0.2) is 8.42 Å². The van der Waals surface area contributed by atoms with E-state index in [1.807, 2.05) is 7.05 Å². The van der Waals surface area contributed by atoms with Crippen LogP contribution in [0.2, 0.25) is 0 Å². The lowest BCUT2D eigenvalue weighted by Gasteiger charge is -2.33. The third-order valence-electron chi connectivity index (χ3n) is 3.45. The average Bonchev–Trinajstić information content (AvgIpc) is 2.25. The Morgan fingerprint density at radius 1 is 1.32 bits per heavy atom. The van der Waals surface area contributed by atoms with Crippen LogP contribution in [0.25, 0.3) is 0 Å². The van der Waals surface area contributed by atoms with Gasteiger partial charge in [0, 0.05) is 25.9 Å². The van der Waals surface area contributed by atoms with Crippen LogP contribution in [0.1, 0.15) is 34.1 Å². The second-order valence-corrected chi connectivity index (χ2v) is 8.82. The minimum atomic E-state index is -2.87. The van der Waals surface area contributed by atoms with E-state index in [1.54, 1.807) is 0 Å². The van der Waals surface area contributed by atoms with E-state index in [0.717, 1.165) is 26.1 Å². The molecule has 0 bridgehead atoms. The first-order valence-corrected chi connectivity index (χ1v) is 9.21. The van der Waals surface area contributed by atoms with Gasteiger partial charge in [-0.15, -0.1) is 0 Å². The van der Waals surface area contributed by atoms with Crippen molar-refractivity contribution in [2.75, 3.05) is 45.2 Å². The van der Waals surface area contributed by atoms with Gasteiger partial charge in [0.05, 0.1) is 5.75 Å². The maximum absolute atomic E-state index is 11.2. The highest BCUT2D eigenvalue weighted by molar-refractivity contribution is 7.90. The van der Waals surface area contributed by atoms with Crippen molar-refractivity contribution in [1.29, 1.82) is 0 Å². The van der Waals surface area contributed by atoms with Crippen LogP contribution in [0.4, 0.5) is 0 Å². The van der Waals surface area contributed by atoms with E-state index in [4.69, 9.17) is 0 Å². The van der Waals surface area contributed by atoms with Gasteiger partial charge in [-0.3, -0.25) is 0 Å². The molecule has 116 valence electrons. The van der Waals surface area contributed by atoms with Crippen LogP contribution < -0.4 is 5.32 Å². The van der Waals surface area contributed by atoms with Gasteiger partial charge >= 0.3 is 0 Å². The van der Waals surface area contributed by atoms with E-state index in [-0.39, 0.29) is 11.2 Å². The van der Waals surface area contributed by atoms with E-state index in [1.165, 1.54) is 6.26 Å². The van der Waals surface area contributed by atoms with Crippen LogP contribution in [0, 0.1) is 11.3 Å². The van der Waals surface area contributed by atoms with Crippen molar-refractivity contribution in [3.8, 4) is 0 Å². The molecule has 0 aliphatic carbocycles. The molecule has 0 radical (unpaired) electrons. The van der Waals surface area contributed by atoms with Crippen molar-refractivity contribution >= 4 is 9.84 Å². The Hall–Kier alpha value is -0.130. The Kier molecular flexibility index (Phi) is 8.17. The molecule has 0 aromatic carbocycles. The molecule has 0 rings (SSSR count). The van der Waals surface area contributed by atoms with Crippen LogP contribution in [0.3, 0.4) is 0 Å². The minimum Gasteiger partial charge on any atom is -0.316 e. The zero-order chi connectivity index (χ0) is 15.1. The van der Waals surface area contributed by atoms with Crippen LogP contribution >= 0.6 is 0 Å². The summed E-state index contributed by atoms with van der Waals surface area (Å²) in [4.78, 5) is 2.13. The van der Waals surface area contributed by atoms with Gasteiger partial charge in [0.1, 0.15) is 9.84 Å². The van der Waals surface area contributed by atoms with E-state index < -0.39 is 9.84 Å². The standard InChI is InChI=1S/C14H32N2O2S/c1-7-14(4,11-15-10-13(2)3)12-16(5)8-9-19(6,17)18/h13,15H,7-12H2,1-6H3. The molecule has 0 aromatic rings. The van der Waals surface area contributed by atoms with Gasteiger partial charge in [-0.05, 0) is 31.3 Å². The SMILES string of the molecule is CCC(C)(CNCC(C)C)CN(C)CCS(C)(=O)=O. The Labute approximate surface area is 119 Å². The van der Waals surface area contributed by atoms with Gasteiger partial charge < -0.3 is 10.2 Å². The first-order valence-electron chi connectivity index (χ1n) is 7.15. The molecular weight excluding hydrogens is 260 g/mol. The second-order valence-electron chi connectivity index (χ2n) is 6.56. The summed E-state index contributed by atoms with van der Waals surface area (Å²) in [6.07, 6.45) is 2.38. The highest BCUT2D eigenvalue weighted by Gasteiger charge is 2.24. The minimum absolute atomic E-state index is 0.196. The molecule has 0 saturated carbocycles. The van der Waals surface area contributed by atoms with Crippen LogP contribution in [0.5, 0.6) is 0 Å². The summed E-state index contributed by atoms with van der Waals surface area (Å²) in [5.41, 5.74) is 0.196. The fourth-order valence-electron chi connectivity index (χ4n) is 2.01. The lowest BCUT2D eigenvalue weighted by atomic mass is 9.86. The Morgan fingerprint density at radius 2 is 1.89 bits per heavy atom. The molecular formula is C14H32N2O2S. The molecule has 0 aliphatic heterocycles. The summed E-state index contributed by atoms with van der Waals surface area (Å²) < 4.78 is 22.4. The zero-order valence-electron chi connectivity index (χ0n) is 13.5.